The van der Waals surface area contributed by atoms with E-state index < -0.39 is 7.82 Å². The Hall–Kier alpha value is 0.610. The van der Waals surface area contributed by atoms with E-state index in [-0.39, 0.29) is 59.1 Å². The molecule has 86 valence electrons. The maximum Gasteiger partial charge on any atom is 1.00 e. The molecule has 2 rings (SSSR count). The monoisotopic (exact) mass is 286 g/mol. The van der Waals surface area contributed by atoms with E-state index in [2.05, 4.69) is 0 Å². The molecule has 0 aliphatic carbocycles. The molecule has 0 unspecified atom stereocenters. The predicted molar refractivity (Wildman–Crippen MR) is 55.4 cm³/mol. The van der Waals surface area contributed by atoms with E-state index in [1.807, 2.05) is 36.4 Å². The SMILES string of the molecule is O=P([O-])([O-])O.Oc1cccc2ccccc12.[Na+].[Na+]. The third-order valence-corrected chi connectivity index (χ3v) is 1.77. The normalized spacial score (nSPS) is 9.50. The van der Waals surface area contributed by atoms with Gasteiger partial charge in [-0.2, -0.15) is 0 Å². The van der Waals surface area contributed by atoms with Crippen molar-refractivity contribution in [1.29, 1.82) is 0 Å². The Bertz CT molecular complexity index is 515. The molecule has 0 heterocycles. The molecule has 8 heteroatoms. The zero-order valence-electron chi connectivity index (χ0n) is 10.1. The quantitative estimate of drug-likeness (QED) is 0.371. The minimum absolute atomic E-state index is 0. The molecule has 0 aliphatic heterocycles. The van der Waals surface area contributed by atoms with Gasteiger partial charge in [0.1, 0.15) is 5.75 Å². The molecule has 2 N–H and O–H groups in total. The van der Waals surface area contributed by atoms with Crippen LogP contribution in [-0.4, -0.2) is 10.00 Å². The fraction of sp³-hybridized carbons (Fsp3) is 0. The summed E-state index contributed by atoms with van der Waals surface area (Å²) in [6.07, 6.45) is 0. The molecule has 0 fully saturated rings. The Kier molecular flexibility index (Phi) is 11.0. The van der Waals surface area contributed by atoms with Crippen LogP contribution in [0.5, 0.6) is 5.75 Å². The summed E-state index contributed by atoms with van der Waals surface area (Å²) >= 11 is 0. The zero-order chi connectivity index (χ0) is 12.2. The molecule has 0 spiro atoms. The van der Waals surface area contributed by atoms with Gasteiger partial charge in [-0.3, -0.25) is 0 Å². The molecule has 0 bridgehead atoms. The molecular formula is C10H9Na2O5P. The number of fused-ring (bicyclic) bond motifs is 1. The van der Waals surface area contributed by atoms with E-state index in [1.165, 1.54) is 0 Å². The van der Waals surface area contributed by atoms with Crippen LogP contribution in [0, 0.1) is 0 Å². The molecule has 0 atom stereocenters. The number of phenols is 1. The topological polar surface area (TPSA) is 104 Å². The van der Waals surface area contributed by atoms with Crippen LogP contribution in [0.25, 0.3) is 10.8 Å². The van der Waals surface area contributed by atoms with Crippen LogP contribution in [0.4, 0.5) is 0 Å². The second-order valence-electron chi connectivity index (χ2n) is 2.97. The fourth-order valence-corrected chi connectivity index (χ4v) is 1.21. The molecular weight excluding hydrogens is 277 g/mol. The second-order valence-corrected chi connectivity index (χ2v) is 3.90. The maximum absolute atomic E-state index is 9.37. The first-order valence-corrected chi connectivity index (χ1v) is 5.79. The van der Waals surface area contributed by atoms with Gasteiger partial charge in [-0.15, -0.1) is 0 Å². The van der Waals surface area contributed by atoms with Crippen LogP contribution in [0.1, 0.15) is 0 Å². The van der Waals surface area contributed by atoms with Gasteiger partial charge in [0.2, 0.25) is 0 Å². The zero-order valence-corrected chi connectivity index (χ0v) is 15.0. The molecule has 0 saturated heterocycles. The molecule has 2 aromatic rings. The molecule has 18 heavy (non-hydrogen) atoms. The smallest absolute Gasteiger partial charge is 0.790 e. The number of hydrogen-bond acceptors (Lipinski definition) is 4. The number of benzene rings is 2. The average Bonchev–Trinajstić information content (AvgIpc) is 2.16. The Morgan fingerprint density at radius 1 is 0.944 bits per heavy atom. The molecule has 2 aromatic carbocycles. The van der Waals surface area contributed by atoms with E-state index in [1.54, 1.807) is 6.07 Å². The van der Waals surface area contributed by atoms with E-state index in [4.69, 9.17) is 19.2 Å². The Morgan fingerprint density at radius 3 is 1.89 bits per heavy atom. The Balaban J connectivity index is 0. The number of phenolic OH excluding ortho intramolecular Hbond substituents is 1. The Morgan fingerprint density at radius 2 is 1.39 bits per heavy atom. The summed E-state index contributed by atoms with van der Waals surface area (Å²) < 4.78 is 8.66. The standard InChI is InChI=1S/C10H8O.2Na.H3O4P/c11-10-7-3-5-8-4-1-2-6-9(8)10;;;1-5(2,3)4/h1-7,11H;;;(H3,1,2,3,4)/q;2*+1;/p-2. The average molecular weight is 286 g/mol. The van der Waals surface area contributed by atoms with Crippen LogP contribution in [-0.2, 0) is 4.57 Å². The summed E-state index contributed by atoms with van der Waals surface area (Å²) in [4.78, 5) is 24.3. The van der Waals surface area contributed by atoms with E-state index >= 15 is 0 Å². The van der Waals surface area contributed by atoms with Gasteiger partial charge in [0.25, 0.3) is 0 Å². The fourth-order valence-electron chi connectivity index (χ4n) is 1.21. The summed E-state index contributed by atoms with van der Waals surface area (Å²) in [6, 6.07) is 13.3. The van der Waals surface area contributed by atoms with E-state index in [9.17, 15) is 5.11 Å². The maximum atomic E-state index is 9.37. The van der Waals surface area contributed by atoms with Crippen molar-refractivity contribution in [3.05, 3.63) is 42.5 Å². The largest absolute Gasteiger partial charge is 1.00 e. The van der Waals surface area contributed by atoms with Crippen molar-refractivity contribution in [3.8, 4) is 5.75 Å². The van der Waals surface area contributed by atoms with Crippen molar-refractivity contribution in [3.63, 3.8) is 0 Å². The van der Waals surface area contributed by atoms with Crippen molar-refractivity contribution < 1.29 is 83.5 Å². The van der Waals surface area contributed by atoms with Gasteiger partial charge in [-0.25, -0.2) is 0 Å². The molecule has 0 amide bonds. The van der Waals surface area contributed by atoms with Gasteiger partial charge >= 0.3 is 59.1 Å². The first-order valence-electron chi connectivity index (χ1n) is 4.29. The second kappa shape index (κ2) is 9.50. The van der Waals surface area contributed by atoms with Crippen molar-refractivity contribution >= 4 is 18.6 Å². The van der Waals surface area contributed by atoms with Crippen LogP contribution < -0.4 is 68.9 Å². The first kappa shape index (κ1) is 20.9. The van der Waals surface area contributed by atoms with Crippen molar-refractivity contribution in [1.82, 2.24) is 0 Å². The number of hydrogen-bond donors (Lipinski definition) is 2. The summed E-state index contributed by atoms with van der Waals surface area (Å²) in [7, 11) is -5.14. The number of aromatic hydroxyl groups is 1. The summed E-state index contributed by atoms with van der Waals surface area (Å²) in [5, 5.41) is 11.4. The summed E-state index contributed by atoms with van der Waals surface area (Å²) in [5.41, 5.74) is 0. The van der Waals surface area contributed by atoms with E-state index in [0.29, 0.717) is 5.75 Å². The van der Waals surface area contributed by atoms with Gasteiger partial charge in [0.05, 0.1) is 7.82 Å². The molecule has 0 saturated carbocycles. The summed E-state index contributed by atoms with van der Waals surface area (Å²) in [6.45, 7) is 0. The molecule has 0 aromatic heterocycles. The third-order valence-electron chi connectivity index (χ3n) is 1.77. The molecule has 0 radical (unpaired) electrons. The molecule has 0 aliphatic rings. The van der Waals surface area contributed by atoms with Crippen LogP contribution in [0.3, 0.4) is 0 Å². The van der Waals surface area contributed by atoms with Gasteiger partial charge in [-0.1, -0.05) is 36.4 Å². The number of phosphoric acid groups is 1. The van der Waals surface area contributed by atoms with Gasteiger partial charge in [0.15, 0.2) is 0 Å². The third kappa shape index (κ3) is 8.67. The summed E-state index contributed by atoms with van der Waals surface area (Å²) in [5.74, 6) is 0.350. The number of rotatable bonds is 0. The van der Waals surface area contributed by atoms with Crippen LogP contribution >= 0.6 is 7.82 Å². The predicted octanol–water partition coefficient (Wildman–Crippen LogP) is -5.64. The minimum atomic E-state index is -5.14. The Labute approximate surface area is 149 Å². The van der Waals surface area contributed by atoms with Crippen LogP contribution in [0.2, 0.25) is 0 Å². The van der Waals surface area contributed by atoms with Gasteiger partial charge in [0, 0.05) is 5.39 Å². The van der Waals surface area contributed by atoms with Gasteiger partial charge < -0.3 is 24.4 Å². The van der Waals surface area contributed by atoms with Crippen LogP contribution in [0.15, 0.2) is 42.5 Å². The van der Waals surface area contributed by atoms with Crippen molar-refractivity contribution in [2.45, 2.75) is 0 Å². The minimum Gasteiger partial charge on any atom is -0.790 e. The van der Waals surface area contributed by atoms with Crippen molar-refractivity contribution in [2.24, 2.45) is 0 Å². The van der Waals surface area contributed by atoms with Gasteiger partial charge in [-0.05, 0) is 11.5 Å². The van der Waals surface area contributed by atoms with E-state index in [0.717, 1.165) is 10.8 Å². The first-order chi connectivity index (χ1) is 7.38. The van der Waals surface area contributed by atoms with Crippen molar-refractivity contribution in [2.75, 3.05) is 0 Å². The molecule has 5 nitrogen and oxygen atoms in total.